The number of hydrogen-bond donors (Lipinski definition) is 2. The van der Waals surface area contributed by atoms with Crippen molar-refractivity contribution in [1.82, 2.24) is 4.90 Å². The van der Waals surface area contributed by atoms with Crippen molar-refractivity contribution in [2.75, 3.05) is 19.4 Å². The standard InChI is InChI=1S/C15H22N4O2S/c1-19(2)13-5-3-4-12(9-13)18-15-7-6-14(22(17,20)21)8-11(15)10-16/h6-8,12-13,18H,3-5,9H2,1-2H3,(H2,17,20,21). The summed E-state index contributed by atoms with van der Waals surface area (Å²) < 4.78 is 22.7. The minimum absolute atomic E-state index is 0.0376. The van der Waals surface area contributed by atoms with Crippen LogP contribution in [0.2, 0.25) is 0 Å². The van der Waals surface area contributed by atoms with Crippen molar-refractivity contribution in [3.63, 3.8) is 0 Å². The summed E-state index contributed by atoms with van der Waals surface area (Å²) in [5.74, 6) is 0. The Bertz CT molecular complexity index is 679. The first-order chi connectivity index (χ1) is 10.3. The van der Waals surface area contributed by atoms with Gasteiger partial charge in [-0.05, 0) is 58.0 Å². The van der Waals surface area contributed by atoms with E-state index >= 15 is 0 Å². The van der Waals surface area contributed by atoms with Crippen molar-refractivity contribution < 1.29 is 8.42 Å². The highest BCUT2D eigenvalue weighted by atomic mass is 32.2. The predicted octanol–water partition coefficient (Wildman–Crippen LogP) is 1.49. The van der Waals surface area contributed by atoms with Crippen molar-refractivity contribution in [2.45, 2.75) is 42.7 Å². The summed E-state index contributed by atoms with van der Waals surface area (Å²) in [4.78, 5) is 2.19. The maximum absolute atomic E-state index is 11.4. The van der Waals surface area contributed by atoms with Gasteiger partial charge in [-0.1, -0.05) is 0 Å². The fourth-order valence-corrected chi connectivity index (χ4v) is 3.44. The molecule has 1 aliphatic carbocycles. The zero-order chi connectivity index (χ0) is 16.3. The lowest BCUT2D eigenvalue weighted by molar-refractivity contribution is 0.219. The fourth-order valence-electron chi connectivity index (χ4n) is 2.90. The molecule has 0 aromatic heterocycles. The third-order valence-electron chi connectivity index (χ3n) is 4.18. The average Bonchev–Trinajstić information content (AvgIpc) is 2.46. The quantitative estimate of drug-likeness (QED) is 0.875. The number of benzene rings is 1. The predicted molar refractivity (Wildman–Crippen MR) is 85.9 cm³/mol. The van der Waals surface area contributed by atoms with Crippen LogP contribution in [0.25, 0.3) is 0 Å². The third kappa shape index (κ3) is 3.97. The van der Waals surface area contributed by atoms with Crippen LogP contribution in [-0.2, 0) is 10.0 Å². The van der Waals surface area contributed by atoms with Gasteiger partial charge in [0.2, 0.25) is 10.0 Å². The molecule has 0 spiro atoms. The molecule has 120 valence electrons. The second-order valence-corrected chi connectivity index (χ2v) is 7.55. The summed E-state index contributed by atoms with van der Waals surface area (Å²) in [7, 11) is 0.365. The van der Waals surface area contributed by atoms with Crippen LogP contribution in [0.4, 0.5) is 5.69 Å². The van der Waals surface area contributed by atoms with E-state index in [0.717, 1.165) is 19.3 Å². The molecule has 0 aliphatic heterocycles. The van der Waals surface area contributed by atoms with E-state index in [-0.39, 0.29) is 10.9 Å². The first-order valence-electron chi connectivity index (χ1n) is 7.31. The van der Waals surface area contributed by atoms with Crippen LogP contribution in [0.5, 0.6) is 0 Å². The molecule has 1 saturated carbocycles. The van der Waals surface area contributed by atoms with E-state index in [0.29, 0.717) is 17.3 Å². The van der Waals surface area contributed by atoms with Gasteiger partial charge >= 0.3 is 0 Å². The topological polar surface area (TPSA) is 99.2 Å². The first-order valence-corrected chi connectivity index (χ1v) is 8.86. The first kappa shape index (κ1) is 16.7. The summed E-state index contributed by atoms with van der Waals surface area (Å²) in [5, 5.41) is 17.7. The van der Waals surface area contributed by atoms with Gasteiger partial charge in [0.1, 0.15) is 6.07 Å². The number of nitrogens with zero attached hydrogens (tertiary/aromatic N) is 2. The number of primary sulfonamides is 1. The Hall–Kier alpha value is -1.62. The summed E-state index contributed by atoms with van der Waals surface area (Å²) in [6.07, 6.45) is 4.37. The Morgan fingerprint density at radius 1 is 1.36 bits per heavy atom. The molecule has 3 N–H and O–H groups in total. The van der Waals surface area contributed by atoms with Crippen molar-refractivity contribution in [2.24, 2.45) is 5.14 Å². The van der Waals surface area contributed by atoms with Gasteiger partial charge in [0.25, 0.3) is 0 Å². The van der Waals surface area contributed by atoms with E-state index in [1.165, 1.54) is 18.6 Å². The number of nitrogens with two attached hydrogens (primary N) is 1. The van der Waals surface area contributed by atoms with Crippen LogP contribution in [0.15, 0.2) is 23.1 Å². The number of nitrogens with one attached hydrogen (secondary N) is 1. The van der Waals surface area contributed by atoms with Gasteiger partial charge in [-0.25, -0.2) is 13.6 Å². The van der Waals surface area contributed by atoms with E-state index in [1.807, 2.05) is 6.07 Å². The van der Waals surface area contributed by atoms with E-state index in [2.05, 4.69) is 24.3 Å². The lowest BCUT2D eigenvalue weighted by Crippen LogP contribution is -2.38. The molecule has 1 aliphatic rings. The molecule has 0 radical (unpaired) electrons. The summed E-state index contributed by atoms with van der Waals surface area (Å²) >= 11 is 0. The van der Waals surface area contributed by atoms with E-state index in [1.54, 1.807) is 6.07 Å². The molecule has 1 fully saturated rings. The molecule has 2 unspecified atom stereocenters. The monoisotopic (exact) mass is 322 g/mol. The maximum atomic E-state index is 11.4. The summed E-state index contributed by atoms with van der Waals surface area (Å²) in [5.41, 5.74) is 0.970. The van der Waals surface area contributed by atoms with Gasteiger partial charge < -0.3 is 10.2 Å². The highest BCUT2D eigenvalue weighted by molar-refractivity contribution is 7.89. The molecule has 2 rings (SSSR count). The van der Waals surface area contributed by atoms with Crippen LogP contribution >= 0.6 is 0 Å². The smallest absolute Gasteiger partial charge is 0.238 e. The number of sulfonamides is 1. The molecule has 7 heteroatoms. The van der Waals surface area contributed by atoms with Gasteiger partial charge in [0, 0.05) is 12.1 Å². The number of hydrogen-bond acceptors (Lipinski definition) is 5. The van der Waals surface area contributed by atoms with Crippen molar-refractivity contribution >= 4 is 15.7 Å². The Morgan fingerprint density at radius 2 is 2.09 bits per heavy atom. The Morgan fingerprint density at radius 3 is 2.68 bits per heavy atom. The van der Waals surface area contributed by atoms with Gasteiger partial charge in [-0.2, -0.15) is 5.26 Å². The summed E-state index contributed by atoms with van der Waals surface area (Å²) in [6, 6.07) is 7.23. The van der Waals surface area contributed by atoms with Crippen molar-refractivity contribution in [1.29, 1.82) is 5.26 Å². The maximum Gasteiger partial charge on any atom is 0.238 e. The average molecular weight is 322 g/mol. The molecule has 22 heavy (non-hydrogen) atoms. The highest BCUT2D eigenvalue weighted by Gasteiger charge is 2.24. The number of rotatable bonds is 4. The zero-order valence-electron chi connectivity index (χ0n) is 12.9. The van der Waals surface area contributed by atoms with Crippen LogP contribution in [0.3, 0.4) is 0 Å². The fraction of sp³-hybridized carbons (Fsp3) is 0.533. The lowest BCUT2D eigenvalue weighted by Gasteiger charge is -2.34. The molecule has 6 nitrogen and oxygen atoms in total. The van der Waals surface area contributed by atoms with E-state index in [4.69, 9.17) is 5.14 Å². The van der Waals surface area contributed by atoms with Gasteiger partial charge in [-0.3, -0.25) is 0 Å². The van der Waals surface area contributed by atoms with Gasteiger partial charge in [0.05, 0.1) is 16.1 Å². The number of nitriles is 1. The SMILES string of the molecule is CN(C)C1CCCC(Nc2ccc(S(N)(=O)=O)cc2C#N)C1. The Labute approximate surface area is 132 Å². The minimum Gasteiger partial charge on any atom is -0.381 e. The normalized spacial score (nSPS) is 22.3. The lowest BCUT2D eigenvalue weighted by atomic mass is 9.90. The molecule has 0 saturated heterocycles. The molecule has 1 aromatic rings. The van der Waals surface area contributed by atoms with Crippen molar-refractivity contribution in [3.05, 3.63) is 23.8 Å². The molecule has 0 bridgehead atoms. The molecular weight excluding hydrogens is 300 g/mol. The molecule has 0 amide bonds. The van der Waals surface area contributed by atoms with Crippen molar-refractivity contribution in [3.8, 4) is 6.07 Å². The Kier molecular flexibility index (Phi) is 5.06. The number of anilines is 1. The van der Waals surface area contributed by atoms with Gasteiger partial charge in [-0.15, -0.1) is 0 Å². The van der Waals surface area contributed by atoms with Crippen LogP contribution in [0.1, 0.15) is 31.2 Å². The van der Waals surface area contributed by atoms with Crippen LogP contribution in [-0.4, -0.2) is 39.5 Å². The van der Waals surface area contributed by atoms with E-state index in [9.17, 15) is 13.7 Å². The highest BCUT2D eigenvalue weighted by Crippen LogP contribution is 2.27. The second-order valence-electron chi connectivity index (χ2n) is 5.99. The zero-order valence-corrected chi connectivity index (χ0v) is 13.7. The largest absolute Gasteiger partial charge is 0.381 e. The Balaban J connectivity index is 2.18. The van der Waals surface area contributed by atoms with Gasteiger partial charge in [0.15, 0.2) is 0 Å². The van der Waals surface area contributed by atoms with Crippen LogP contribution < -0.4 is 10.5 Å². The molecule has 2 atom stereocenters. The third-order valence-corrected chi connectivity index (χ3v) is 5.09. The van der Waals surface area contributed by atoms with E-state index < -0.39 is 10.0 Å². The summed E-state index contributed by atoms with van der Waals surface area (Å²) in [6.45, 7) is 0. The molecule has 1 aromatic carbocycles. The molecular formula is C15H22N4O2S. The van der Waals surface area contributed by atoms with Crippen LogP contribution in [0, 0.1) is 11.3 Å². The molecule has 0 heterocycles. The minimum atomic E-state index is -3.79. The second kappa shape index (κ2) is 6.65.